The third-order valence-electron chi connectivity index (χ3n) is 2.84. The molecule has 1 heterocycles. The fraction of sp³-hybridized carbons (Fsp3) is 0.267. The third kappa shape index (κ3) is 3.77. The first-order chi connectivity index (χ1) is 10.2. The van der Waals surface area contributed by atoms with Crippen LogP contribution in [0.15, 0.2) is 40.2 Å². The van der Waals surface area contributed by atoms with Crippen molar-refractivity contribution in [3.63, 3.8) is 0 Å². The van der Waals surface area contributed by atoms with Crippen molar-refractivity contribution >= 4 is 38.9 Å². The number of ether oxygens (including phenoxy) is 2. The number of hydrogen-bond donors (Lipinski definition) is 1. The summed E-state index contributed by atoms with van der Waals surface area (Å²) in [5.74, 6) is 0.367. The highest BCUT2D eigenvalue weighted by Gasteiger charge is 2.26. The first-order valence-electron chi connectivity index (χ1n) is 6.46. The summed E-state index contributed by atoms with van der Waals surface area (Å²) in [6.07, 6.45) is 0. The SMILES string of the molecule is CCOC(=O)C(Nc1ccccc1OC)c1sccc1Br. The second-order valence-corrected chi connectivity index (χ2v) is 5.96. The molecule has 0 aliphatic heterocycles. The third-order valence-corrected chi connectivity index (χ3v) is 4.77. The molecular formula is C15H16BrNO3S. The molecule has 0 amide bonds. The second-order valence-electron chi connectivity index (χ2n) is 4.16. The van der Waals surface area contributed by atoms with E-state index in [0.717, 1.165) is 15.0 Å². The number of anilines is 1. The Morgan fingerprint density at radius 1 is 1.38 bits per heavy atom. The van der Waals surface area contributed by atoms with E-state index in [-0.39, 0.29) is 5.97 Å². The molecule has 0 saturated heterocycles. The first-order valence-corrected chi connectivity index (χ1v) is 8.13. The molecule has 0 saturated carbocycles. The van der Waals surface area contributed by atoms with Gasteiger partial charge in [-0.05, 0) is 46.4 Å². The summed E-state index contributed by atoms with van der Waals surface area (Å²) in [6.45, 7) is 2.13. The zero-order valence-electron chi connectivity index (χ0n) is 11.8. The molecule has 0 aliphatic rings. The van der Waals surface area contributed by atoms with Gasteiger partial charge in [0, 0.05) is 4.47 Å². The molecule has 2 aromatic rings. The molecule has 0 spiro atoms. The summed E-state index contributed by atoms with van der Waals surface area (Å²) >= 11 is 4.96. The molecular weight excluding hydrogens is 354 g/mol. The molecule has 4 nitrogen and oxygen atoms in total. The van der Waals surface area contributed by atoms with Crippen LogP contribution in [0, 0.1) is 0 Å². The minimum Gasteiger partial charge on any atom is -0.495 e. The zero-order chi connectivity index (χ0) is 15.2. The van der Waals surface area contributed by atoms with Gasteiger partial charge in [-0.25, -0.2) is 4.79 Å². The van der Waals surface area contributed by atoms with Crippen molar-refractivity contribution in [3.8, 4) is 5.75 Å². The van der Waals surface area contributed by atoms with Crippen LogP contribution in [-0.4, -0.2) is 19.7 Å². The van der Waals surface area contributed by atoms with E-state index in [1.165, 1.54) is 11.3 Å². The molecule has 0 aliphatic carbocycles. The highest BCUT2D eigenvalue weighted by molar-refractivity contribution is 9.10. The zero-order valence-corrected chi connectivity index (χ0v) is 14.2. The van der Waals surface area contributed by atoms with Crippen molar-refractivity contribution in [2.24, 2.45) is 0 Å². The smallest absolute Gasteiger partial charge is 0.334 e. The molecule has 1 N–H and O–H groups in total. The van der Waals surface area contributed by atoms with Crippen LogP contribution < -0.4 is 10.1 Å². The van der Waals surface area contributed by atoms with E-state index in [4.69, 9.17) is 9.47 Å². The summed E-state index contributed by atoms with van der Waals surface area (Å²) in [6, 6.07) is 8.81. The number of benzene rings is 1. The average Bonchev–Trinajstić information content (AvgIpc) is 2.91. The Morgan fingerprint density at radius 3 is 2.76 bits per heavy atom. The number of methoxy groups -OCH3 is 1. The van der Waals surface area contributed by atoms with Gasteiger partial charge in [-0.2, -0.15) is 0 Å². The number of carbonyl (C=O) groups excluding carboxylic acids is 1. The van der Waals surface area contributed by atoms with Gasteiger partial charge >= 0.3 is 5.97 Å². The fourth-order valence-corrected chi connectivity index (χ4v) is 3.53. The van der Waals surface area contributed by atoms with Gasteiger partial charge in [0.1, 0.15) is 5.75 Å². The standard InChI is InChI=1S/C15H16BrNO3S/c1-3-20-15(18)13(14-10(16)8-9-21-14)17-11-6-4-5-7-12(11)19-2/h4-9,13,17H,3H2,1-2H3. The van der Waals surface area contributed by atoms with Crippen molar-refractivity contribution in [1.29, 1.82) is 0 Å². The Morgan fingerprint density at radius 2 is 2.14 bits per heavy atom. The topological polar surface area (TPSA) is 47.6 Å². The van der Waals surface area contributed by atoms with Crippen LogP contribution in [0.1, 0.15) is 17.8 Å². The molecule has 0 radical (unpaired) electrons. The van der Waals surface area contributed by atoms with Crippen LogP contribution in [0.25, 0.3) is 0 Å². The maximum Gasteiger partial charge on any atom is 0.334 e. The van der Waals surface area contributed by atoms with Gasteiger partial charge in [0.25, 0.3) is 0 Å². The summed E-state index contributed by atoms with van der Waals surface area (Å²) in [4.78, 5) is 13.1. The number of halogens is 1. The number of rotatable bonds is 6. The molecule has 1 aromatic heterocycles. The van der Waals surface area contributed by atoms with Crippen molar-refractivity contribution < 1.29 is 14.3 Å². The number of thiophene rings is 1. The summed E-state index contributed by atoms with van der Waals surface area (Å²) < 4.78 is 11.4. The van der Waals surface area contributed by atoms with Crippen LogP contribution in [0.5, 0.6) is 5.75 Å². The molecule has 1 atom stereocenters. The van der Waals surface area contributed by atoms with E-state index in [2.05, 4.69) is 21.2 Å². The largest absolute Gasteiger partial charge is 0.495 e. The van der Waals surface area contributed by atoms with E-state index in [1.54, 1.807) is 14.0 Å². The van der Waals surface area contributed by atoms with Crippen LogP contribution in [0.3, 0.4) is 0 Å². The Balaban J connectivity index is 2.32. The molecule has 6 heteroatoms. The predicted octanol–water partition coefficient (Wildman–Crippen LogP) is 4.24. The number of carbonyl (C=O) groups is 1. The molecule has 112 valence electrons. The predicted molar refractivity (Wildman–Crippen MR) is 88.0 cm³/mol. The Kier molecular flexibility index (Phi) is 5.64. The monoisotopic (exact) mass is 369 g/mol. The Hall–Kier alpha value is -1.53. The molecule has 1 aromatic carbocycles. The van der Waals surface area contributed by atoms with Gasteiger partial charge < -0.3 is 14.8 Å². The summed E-state index contributed by atoms with van der Waals surface area (Å²) in [5.41, 5.74) is 0.748. The lowest BCUT2D eigenvalue weighted by molar-refractivity contribution is -0.144. The van der Waals surface area contributed by atoms with Gasteiger partial charge in [-0.3, -0.25) is 0 Å². The van der Waals surface area contributed by atoms with E-state index in [9.17, 15) is 4.79 Å². The lowest BCUT2D eigenvalue weighted by Gasteiger charge is -2.19. The van der Waals surface area contributed by atoms with Crippen molar-refractivity contribution in [1.82, 2.24) is 0 Å². The van der Waals surface area contributed by atoms with Crippen molar-refractivity contribution in [2.75, 3.05) is 19.0 Å². The van der Waals surface area contributed by atoms with E-state index in [0.29, 0.717) is 12.4 Å². The molecule has 1 unspecified atom stereocenters. The van der Waals surface area contributed by atoms with Gasteiger partial charge in [-0.15, -0.1) is 11.3 Å². The van der Waals surface area contributed by atoms with Crippen LogP contribution in [-0.2, 0) is 9.53 Å². The summed E-state index contributed by atoms with van der Waals surface area (Å²) in [7, 11) is 1.60. The molecule has 2 rings (SSSR count). The van der Waals surface area contributed by atoms with Gasteiger partial charge in [0.2, 0.25) is 0 Å². The molecule has 0 fully saturated rings. The lowest BCUT2D eigenvalue weighted by atomic mass is 10.2. The summed E-state index contributed by atoms with van der Waals surface area (Å²) in [5, 5.41) is 5.13. The number of para-hydroxylation sites is 2. The van der Waals surface area contributed by atoms with E-state index in [1.807, 2.05) is 35.7 Å². The quantitative estimate of drug-likeness (QED) is 0.773. The first kappa shape index (κ1) is 15.9. The minimum absolute atomic E-state index is 0.313. The van der Waals surface area contributed by atoms with Crippen LogP contribution in [0.4, 0.5) is 5.69 Å². The Labute approximate surface area is 136 Å². The highest BCUT2D eigenvalue weighted by atomic mass is 79.9. The van der Waals surface area contributed by atoms with Gasteiger partial charge in [0.05, 0.1) is 24.3 Å². The molecule has 0 bridgehead atoms. The van der Waals surface area contributed by atoms with Crippen LogP contribution in [0.2, 0.25) is 0 Å². The van der Waals surface area contributed by atoms with Crippen molar-refractivity contribution in [2.45, 2.75) is 13.0 Å². The normalized spacial score (nSPS) is 11.8. The van der Waals surface area contributed by atoms with Crippen LogP contribution >= 0.6 is 27.3 Å². The number of hydrogen-bond acceptors (Lipinski definition) is 5. The lowest BCUT2D eigenvalue weighted by Crippen LogP contribution is -2.23. The molecule has 21 heavy (non-hydrogen) atoms. The maximum atomic E-state index is 12.3. The fourth-order valence-electron chi connectivity index (χ4n) is 1.89. The van der Waals surface area contributed by atoms with E-state index >= 15 is 0 Å². The van der Waals surface area contributed by atoms with E-state index < -0.39 is 6.04 Å². The van der Waals surface area contributed by atoms with Gasteiger partial charge in [-0.1, -0.05) is 12.1 Å². The number of esters is 1. The minimum atomic E-state index is -0.573. The Bertz CT molecular complexity index is 614. The van der Waals surface area contributed by atoms with Crippen molar-refractivity contribution in [3.05, 3.63) is 45.1 Å². The average molecular weight is 370 g/mol. The highest BCUT2D eigenvalue weighted by Crippen LogP contribution is 2.34. The van der Waals surface area contributed by atoms with Gasteiger partial charge in [0.15, 0.2) is 6.04 Å². The maximum absolute atomic E-state index is 12.3. The second kappa shape index (κ2) is 7.47. The number of nitrogens with one attached hydrogen (secondary N) is 1.